The average molecular weight is 450 g/mol. The van der Waals surface area contributed by atoms with Crippen LogP contribution in [-0.2, 0) is 0 Å². The summed E-state index contributed by atoms with van der Waals surface area (Å²) in [6.45, 7) is 5.74. The molecule has 1 aliphatic heterocycles. The Hall–Kier alpha value is -2.84. The Kier molecular flexibility index (Phi) is 6.67. The lowest BCUT2D eigenvalue weighted by Crippen LogP contribution is -2.51. The minimum absolute atomic E-state index is 0.256. The van der Waals surface area contributed by atoms with Gasteiger partial charge in [-0.05, 0) is 74.2 Å². The summed E-state index contributed by atoms with van der Waals surface area (Å²) in [5, 5.41) is 12.4. The van der Waals surface area contributed by atoms with Gasteiger partial charge in [-0.25, -0.2) is 9.82 Å². The zero-order chi connectivity index (χ0) is 23.7. The maximum Gasteiger partial charge on any atom is 0.424 e. The maximum atomic E-state index is 14.0. The number of halogens is 4. The van der Waals surface area contributed by atoms with Gasteiger partial charge in [0, 0.05) is 12.2 Å². The number of hydrazine groups is 1. The molecule has 0 saturated heterocycles. The van der Waals surface area contributed by atoms with Gasteiger partial charge in [-0.15, -0.1) is 0 Å². The van der Waals surface area contributed by atoms with Crippen LogP contribution in [0.25, 0.3) is 0 Å². The first-order valence-electron chi connectivity index (χ1n) is 10.1. The van der Waals surface area contributed by atoms with Crippen LogP contribution in [0.3, 0.4) is 0 Å². The average Bonchev–Trinajstić information content (AvgIpc) is 3.07. The van der Waals surface area contributed by atoms with Crippen LogP contribution in [0.4, 0.5) is 23.2 Å². The molecule has 2 N–H and O–H groups in total. The fraction of sp³-hybridized carbons (Fsp3) is 0.333. The van der Waals surface area contributed by atoms with Gasteiger partial charge in [-0.3, -0.25) is 5.01 Å². The van der Waals surface area contributed by atoms with Crippen LogP contribution in [0.2, 0.25) is 0 Å². The van der Waals surface area contributed by atoms with Crippen LogP contribution in [0.1, 0.15) is 25.0 Å². The number of nitrogens with one attached hydrogen (secondary N) is 1. The monoisotopic (exact) mass is 450 g/mol. The van der Waals surface area contributed by atoms with Crippen LogP contribution >= 0.6 is 0 Å². The van der Waals surface area contributed by atoms with Gasteiger partial charge in [-0.1, -0.05) is 24.3 Å². The zero-order valence-corrected chi connectivity index (χ0v) is 18.3. The lowest BCUT2D eigenvalue weighted by Gasteiger charge is -2.32. The summed E-state index contributed by atoms with van der Waals surface area (Å²) in [5.74, 6) is -0.0620. The fourth-order valence-corrected chi connectivity index (χ4v) is 3.59. The lowest BCUT2D eigenvalue weighted by molar-refractivity contribution is -0.252. The number of aryl methyl sites for hydroxylation is 2. The third-order valence-corrected chi connectivity index (χ3v) is 5.66. The summed E-state index contributed by atoms with van der Waals surface area (Å²) in [4.78, 5) is 0. The molecule has 0 spiro atoms. The van der Waals surface area contributed by atoms with Gasteiger partial charge < -0.3 is 9.84 Å². The summed E-state index contributed by atoms with van der Waals surface area (Å²) < 4.78 is 60.6. The first-order chi connectivity index (χ1) is 14.9. The highest BCUT2D eigenvalue weighted by Crippen LogP contribution is 2.38. The predicted molar refractivity (Wildman–Crippen MR) is 116 cm³/mol. The molecule has 32 heavy (non-hydrogen) atoms. The van der Waals surface area contributed by atoms with E-state index in [-0.39, 0.29) is 17.9 Å². The van der Waals surface area contributed by atoms with E-state index < -0.39 is 18.4 Å². The van der Waals surface area contributed by atoms with Gasteiger partial charge in [-0.2, -0.15) is 13.2 Å². The molecule has 2 aromatic carbocycles. The first-order valence-corrected chi connectivity index (χ1v) is 10.1. The number of hydrogen-bond donors (Lipinski definition) is 2. The second kappa shape index (κ2) is 8.96. The molecule has 3 rings (SSSR count). The number of hydrogen-bond acceptors (Lipinski definition) is 4. The van der Waals surface area contributed by atoms with Crippen LogP contribution in [-0.4, -0.2) is 30.0 Å². The molecule has 2 aromatic rings. The van der Waals surface area contributed by atoms with Crippen molar-refractivity contribution in [3.05, 3.63) is 82.3 Å². The number of allylic oxidation sites excluding steroid dienone is 1. The second-order valence-electron chi connectivity index (χ2n) is 7.95. The van der Waals surface area contributed by atoms with Gasteiger partial charge in [0.25, 0.3) is 0 Å². The highest BCUT2D eigenvalue weighted by Gasteiger charge is 2.56. The minimum atomic E-state index is -4.94. The standard InChI is InChI=1S/C24H26F4N2O2/c1-15-6-5-7-16(2)22(15)32-14-23(31,24(26,27)28)17(3)12-19-13-29-30(18(19)4)21-10-8-20(25)9-11-21/h5-12,29,31H,13-14H2,1-4H3/b17-12+. The second-order valence-corrected chi connectivity index (χ2v) is 7.95. The van der Waals surface area contributed by atoms with Crippen molar-refractivity contribution >= 4 is 5.69 Å². The molecular weight excluding hydrogens is 424 g/mol. The van der Waals surface area contributed by atoms with Crippen LogP contribution in [0.15, 0.2) is 65.4 Å². The van der Waals surface area contributed by atoms with Crippen molar-refractivity contribution in [2.45, 2.75) is 39.5 Å². The number of benzene rings is 2. The SMILES string of the molecule is CC1=C(/C=C(\C)C(O)(COc2c(C)cccc2C)C(F)(F)F)CNN1c1ccc(F)cc1. The number of rotatable bonds is 6. The van der Waals surface area contributed by atoms with E-state index in [1.807, 2.05) is 0 Å². The van der Waals surface area contributed by atoms with Crippen LogP contribution < -0.4 is 15.2 Å². The normalized spacial score (nSPS) is 17.0. The molecule has 1 atom stereocenters. The van der Waals surface area contributed by atoms with Crippen molar-refractivity contribution in [3.63, 3.8) is 0 Å². The Morgan fingerprint density at radius 3 is 2.25 bits per heavy atom. The third kappa shape index (κ3) is 4.66. The van der Waals surface area contributed by atoms with Gasteiger partial charge in [0.15, 0.2) is 0 Å². The van der Waals surface area contributed by atoms with Crippen LogP contribution in [0, 0.1) is 19.7 Å². The predicted octanol–water partition coefficient (Wildman–Crippen LogP) is 5.36. The molecule has 0 aromatic heterocycles. The highest BCUT2D eigenvalue weighted by atomic mass is 19.4. The summed E-state index contributed by atoms with van der Waals surface area (Å²) in [6.07, 6.45) is -3.62. The van der Waals surface area contributed by atoms with E-state index in [1.54, 1.807) is 56.1 Å². The number of ether oxygens (including phenoxy) is 1. The molecule has 0 fully saturated rings. The topological polar surface area (TPSA) is 44.7 Å². The molecule has 0 bridgehead atoms. The summed E-state index contributed by atoms with van der Waals surface area (Å²) >= 11 is 0. The van der Waals surface area contributed by atoms with Crippen LogP contribution in [0.5, 0.6) is 5.75 Å². The number of para-hydroxylation sites is 1. The largest absolute Gasteiger partial charge is 0.489 e. The molecule has 1 unspecified atom stereocenters. The lowest BCUT2D eigenvalue weighted by atomic mass is 9.92. The van der Waals surface area contributed by atoms with E-state index in [4.69, 9.17) is 4.74 Å². The molecule has 8 heteroatoms. The number of aliphatic hydroxyl groups is 1. The zero-order valence-electron chi connectivity index (χ0n) is 18.3. The van der Waals surface area contributed by atoms with Gasteiger partial charge in [0.1, 0.15) is 18.2 Å². The Bertz CT molecular complexity index is 1020. The van der Waals surface area contributed by atoms with Gasteiger partial charge in [0.2, 0.25) is 5.60 Å². The first kappa shape index (κ1) is 23.8. The molecule has 0 aliphatic carbocycles. The van der Waals surface area contributed by atoms with Crippen molar-refractivity contribution in [2.75, 3.05) is 18.2 Å². The van der Waals surface area contributed by atoms with Crippen molar-refractivity contribution in [3.8, 4) is 5.75 Å². The van der Waals surface area contributed by atoms with Gasteiger partial charge in [0.05, 0.1) is 5.69 Å². The molecule has 0 radical (unpaired) electrons. The molecular formula is C24H26F4N2O2. The Balaban J connectivity index is 1.89. The fourth-order valence-electron chi connectivity index (χ4n) is 3.59. The molecule has 0 saturated carbocycles. The van der Waals surface area contributed by atoms with E-state index in [9.17, 15) is 22.7 Å². The third-order valence-electron chi connectivity index (χ3n) is 5.66. The highest BCUT2D eigenvalue weighted by molar-refractivity contribution is 5.55. The summed E-state index contributed by atoms with van der Waals surface area (Å²) in [5.41, 5.74) is 2.84. The summed E-state index contributed by atoms with van der Waals surface area (Å²) in [6, 6.07) is 11.0. The van der Waals surface area contributed by atoms with Crippen molar-refractivity contribution in [1.29, 1.82) is 0 Å². The Labute approximate surface area is 184 Å². The van der Waals surface area contributed by atoms with E-state index >= 15 is 0 Å². The Morgan fingerprint density at radius 2 is 1.69 bits per heavy atom. The van der Waals surface area contributed by atoms with Crippen molar-refractivity contribution in [2.24, 2.45) is 0 Å². The van der Waals surface area contributed by atoms with Gasteiger partial charge >= 0.3 is 6.18 Å². The number of nitrogens with zero attached hydrogens (tertiary/aromatic N) is 1. The molecule has 1 aliphatic rings. The smallest absolute Gasteiger partial charge is 0.424 e. The number of anilines is 1. The summed E-state index contributed by atoms with van der Waals surface area (Å²) in [7, 11) is 0. The molecule has 172 valence electrons. The molecule has 0 amide bonds. The van der Waals surface area contributed by atoms with E-state index in [0.29, 0.717) is 33.8 Å². The Morgan fingerprint density at radius 1 is 1.09 bits per heavy atom. The van der Waals surface area contributed by atoms with E-state index in [0.717, 1.165) is 0 Å². The quantitative estimate of drug-likeness (QED) is 0.582. The maximum absolute atomic E-state index is 14.0. The molecule has 1 heterocycles. The van der Waals surface area contributed by atoms with Crippen molar-refractivity contribution in [1.82, 2.24) is 5.43 Å². The van der Waals surface area contributed by atoms with E-state index in [1.165, 1.54) is 25.1 Å². The minimum Gasteiger partial charge on any atom is -0.489 e. The van der Waals surface area contributed by atoms with E-state index in [2.05, 4.69) is 5.43 Å². The molecule has 4 nitrogen and oxygen atoms in total. The van der Waals surface area contributed by atoms with Crippen molar-refractivity contribution < 1.29 is 27.4 Å². The number of alkyl halides is 3.